The molecular weight excluding hydrogens is 326 g/mol. The van der Waals surface area contributed by atoms with Gasteiger partial charge in [0, 0.05) is 18.9 Å². The first-order chi connectivity index (χ1) is 12.7. The smallest absolute Gasteiger partial charge is 0.318 e. The highest BCUT2D eigenvalue weighted by atomic mass is 16.5. The highest BCUT2D eigenvalue weighted by Gasteiger charge is 2.15. The van der Waals surface area contributed by atoms with Crippen molar-refractivity contribution in [3.05, 3.63) is 78.3 Å². The summed E-state index contributed by atoms with van der Waals surface area (Å²) in [6.45, 7) is 4.08. The highest BCUT2D eigenvalue weighted by molar-refractivity contribution is 5.73. The Morgan fingerprint density at radius 1 is 1.19 bits per heavy atom. The van der Waals surface area contributed by atoms with E-state index in [1.807, 2.05) is 54.4 Å². The molecular formula is C20H17N5O. The summed E-state index contributed by atoms with van der Waals surface area (Å²) < 4.78 is 5.63. The predicted octanol–water partition coefficient (Wildman–Crippen LogP) is 3.73. The zero-order chi connectivity index (χ0) is 18.4. The van der Waals surface area contributed by atoms with Crippen LogP contribution in [-0.2, 0) is 6.61 Å². The van der Waals surface area contributed by atoms with Gasteiger partial charge in [0.1, 0.15) is 18.2 Å². The summed E-state index contributed by atoms with van der Waals surface area (Å²) in [6, 6.07) is 15.6. The molecule has 0 radical (unpaired) electrons. The number of nitrogens with zero attached hydrogens (tertiary/aromatic N) is 5. The van der Waals surface area contributed by atoms with Crippen LogP contribution >= 0.6 is 0 Å². The number of benzene rings is 1. The van der Waals surface area contributed by atoms with Gasteiger partial charge in [0.2, 0.25) is 0 Å². The normalized spacial score (nSPS) is 10.0. The lowest BCUT2D eigenvalue weighted by Gasteiger charge is -2.21. The minimum absolute atomic E-state index is 0.188. The number of aromatic nitrogens is 3. The summed E-state index contributed by atoms with van der Waals surface area (Å²) in [5.74, 6) is 0.466. The van der Waals surface area contributed by atoms with Crippen LogP contribution in [0.25, 0.3) is 6.08 Å². The molecule has 0 bridgehead atoms. The number of hydrogen-bond acceptors (Lipinski definition) is 6. The van der Waals surface area contributed by atoms with Crippen LogP contribution in [0.15, 0.2) is 61.4 Å². The van der Waals surface area contributed by atoms with Crippen LogP contribution in [0.3, 0.4) is 0 Å². The van der Waals surface area contributed by atoms with E-state index in [1.165, 1.54) is 6.20 Å². The Morgan fingerprint density at radius 3 is 2.73 bits per heavy atom. The van der Waals surface area contributed by atoms with Crippen molar-refractivity contribution < 1.29 is 4.74 Å². The third kappa shape index (κ3) is 3.68. The Bertz CT molecular complexity index is 950. The van der Waals surface area contributed by atoms with Crippen LogP contribution in [0, 0.1) is 11.3 Å². The van der Waals surface area contributed by atoms with Crippen LogP contribution in [0.4, 0.5) is 11.5 Å². The van der Waals surface area contributed by atoms with E-state index < -0.39 is 0 Å². The minimum atomic E-state index is 0.188. The molecule has 6 nitrogen and oxygen atoms in total. The average molecular weight is 343 g/mol. The fourth-order valence-corrected chi connectivity index (χ4v) is 2.46. The molecule has 0 unspecified atom stereocenters. The largest absolute Gasteiger partial charge is 0.457 e. The van der Waals surface area contributed by atoms with Crippen molar-refractivity contribution >= 4 is 17.6 Å². The lowest BCUT2D eigenvalue weighted by atomic mass is 10.1. The van der Waals surface area contributed by atoms with Gasteiger partial charge in [0.05, 0.1) is 11.9 Å². The van der Waals surface area contributed by atoms with Crippen molar-refractivity contribution in [2.75, 3.05) is 11.9 Å². The first-order valence-electron chi connectivity index (χ1n) is 7.98. The lowest BCUT2D eigenvalue weighted by Crippen LogP contribution is -2.15. The maximum Gasteiger partial charge on any atom is 0.318 e. The van der Waals surface area contributed by atoms with E-state index in [0.29, 0.717) is 11.4 Å². The first-order valence-corrected chi connectivity index (χ1v) is 7.98. The van der Waals surface area contributed by atoms with E-state index in [2.05, 4.69) is 27.6 Å². The van der Waals surface area contributed by atoms with Crippen molar-refractivity contribution in [3.8, 4) is 12.1 Å². The molecule has 3 rings (SSSR count). The van der Waals surface area contributed by atoms with Gasteiger partial charge in [-0.05, 0) is 23.8 Å². The summed E-state index contributed by atoms with van der Waals surface area (Å²) in [5.41, 5.74) is 2.95. The molecule has 0 aliphatic heterocycles. The van der Waals surface area contributed by atoms with E-state index >= 15 is 0 Å². The third-order valence-electron chi connectivity index (χ3n) is 3.78. The number of rotatable bonds is 6. The van der Waals surface area contributed by atoms with E-state index in [-0.39, 0.29) is 12.6 Å². The fraction of sp³-hybridized carbons (Fsp3) is 0.100. The van der Waals surface area contributed by atoms with Gasteiger partial charge in [-0.15, -0.1) is 0 Å². The molecule has 3 aromatic rings. The Labute approximate surface area is 152 Å². The molecule has 0 saturated carbocycles. The van der Waals surface area contributed by atoms with Gasteiger partial charge >= 0.3 is 6.01 Å². The van der Waals surface area contributed by atoms with Gasteiger partial charge in [-0.2, -0.15) is 10.2 Å². The van der Waals surface area contributed by atoms with Crippen LogP contribution in [0.1, 0.15) is 16.8 Å². The van der Waals surface area contributed by atoms with E-state index in [0.717, 1.165) is 16.9 Å². The molecule has 6 heteroatoms. The Morgan fingerprint density at radius 2 is 2.00 bits per heavy atom. The van der Waals surface area contributed by atoms with E-state index in [1.54, 1.807) is 12.3 Å². The molecule has 0 spiro atoms. The van der Waals surface area contributed by atoms with E-state index in [9.17, 15) is 5.26 Å². The predicted molar refractivity (Wildman–Crippen MR) is 99.9 cm³/mol. The maximum atomic E-state index is 9.41. The number of ether oxygens (including phenoxy) is 1. The van der Waals surface area contributed by atoms with Crippen molar-refractivity contribution in [1.29, 1.82) is 5.26 Å². The van der Waals surface area contributed by atoms with Crippen molar-refractivity contribution in [3.63, 3.8) is 0 Å². The number of anilines is 2. The van der Waals surface area contributed by atoms with Crippen LogP contribution < -0.4 is 9.64 Å². The number of hydrogen-bond donors (Lipinski definition) is 0. The summed E-state index contributed by atoms with van der Waals surface area (Å²) in [4.78, 5) is 14.6. The summed E-state index contributed by atoms with van der Waals surface area (Å²) >= 11 is 0. The quantitative estimate of drug-likeness (QED) is 0.679. The maximum absolute atomic E-state index is 9.41. The fourth-order valence-electron chi connectivity index (χ4n) is 2.46. The molecule has 0 N–H and O–H groups in total. The zero-order valence-corrected chi connectivity index (χ0v) is 14.3. The van der Waals surface area contributed by atoms with Crippen molar-refractivity contribution in [1.82, 2.24) is 15.0 Å². The second kappa shape index (κ2) is 7.90. The standard InChI is InChI=1S/C20H17N5O/c1-3-15-8-4-5-10-18(15)25(2)19-16(12-21)13-23-20(24-19)26-14-17-9-6-7-11-22-17/h3-11,13H,1,14H2,2H3. The number of para-hydroxylation sites is 1. The molecule has 0 aliphatic rings. The second-order valence-electron chi connectivity index (χ2n) is 5.43. The Balaban J connectivity index is 1.90. The Kier molecular flexibility index (Phi) is 5.20. The van der Waals surface area contributed by atoms with Crippen LogP contribution in [-0.4, -0.2) is 22.0 Å². The lowest BCUT2D eigenvalue weighted by molar-refractivity contribution is 0.276. The molecule has 128 valence electrons. The van der Waals surface area contributed by atoms with Crippen LogP contribution in [0.5, 0.6) is 6.01 Å². The molecule has 26 heavy (non-hydrogen) atoms. The summed E-state index contributed by atoms with van der Waals surface area (Å²) in [7, 11) is 1.84. The summed E-state index contributed by atoms with van der Waals surface area (Å²) in [5, 5.41) is 9.41. The summed E-state index contributed by atoms with van der Waals surface area (Å²) in [6.07, 6.45) is 4.92. The molecule has 2 aromatic heterocycles. The molecule has 0 fully saturated rings. The van der Waals surface area contributed by atoms with Gasteiger partial charge in [0.25, 0.3) is 0 Å². The van der Waals surface area contributed by atoms with Crippen molar-refractivity contribution in [2.24, 2.45) is 0 Å². The molecule has 1 aromatic carbocycles. The SMILES string of the molecule is C=Cc1ccccc1N(C)c1nc(OCc2ccccn2)ncc1C#N. The van der Waals surface area contributed by atoms with Crippen LogP contribution in [0.2, 0.25) is 0 Å². The van der Waals surface area contributed by atoms with Gasteiger partial charge in [-0.3, -0.25) is 4.98 Å². The molecule has 0 saturated heterocycles. The topological polar surface area (TPSA) is 74.9 Å². The van der Waals surface area contributed by atoms with E-state index in [4.69, 9.17) is 4.74 Å². The van der Waals surface area contributed by atoms with Crippen molar-refractivity contribution in [2.45, 2.75) is 6.61 Å². The zero-order valence-electron chi connectivity index (χ0n) is 14.3. The molecule has 0 atom stereocenters. The Hall–Kier alpha value is -3.72. The number of nitriles is 1. The molecule has 0 amide bonds. The second-order valence-corrected chi connectivity index (χ2v) is 5.43. The van der Waals surface area contributed by atoms with Gasteiger partial charge in [-0.1, -0.05) is 36.9 Å². The van der Waals surface area contributed by atoms with Gasteiger partial charge in [-0.25, -0.2) is 4.98 Å². The third-order valence-corrected chi connectivity index (χ3v) is 3.78. The monoisotopic (exact) mass is 343 g/mol. The highest BCUT2D eigenvalue weighted by Crippen LogP contribution is 2.29. The molecule has 2 heterocycles. The first kappa shape index (κ1) is 17.1. The van der Waals surface area contributed by atoms with Gasteiger partial charge in [0.15, 0.2) is 5.82 Å². The number of pyridine rings is 1. The van der Waals surface area contributed by atoms with Gasteiger partial charge < -0.3 is 9.64 Å². The molecule has 0 aliphatic carbocycles. The average Bonchev–Trinajstić information content (AvgIpc) is 2.72. The minimum Gasteiger partial charge on any atom is -0.457 e.